The first-order chi connectivity index (χ1) is 12.6. The van der Waals surface area contributed by atoms with E-state index in [1.807, 2.05) is 24.3 Å². The minimum atomic E-state index is 0.175. The molecule has 1 unspecified atom stereocenters. The van der Waals surface area contributed by atoms with Gasteiger partial charge in [0.1, 0.15) is 5.75 Å². The standard InChI is InChI=1S/C24H28O2/c1-4-17(3)20-14-15-26-24(20)13-10-18(5-2)16-19-11-12-23(25)22-9-7-6-8-21(19)22/h6-9,11-12,14,16,24-25H,3-5,10,13,15H2,1-2H3/b18-16+. The van der Waals surface area contributed by atoms with Gasteiger partial charge in [-0.1, -0.05) is 68.5 Å². The van der Waals surface area contributed by atoms with Gasteiger partial charge in [-0.3, -0.25) is 0 Å². The lowest BCUT2D eigenvalue weighted by atomic mass is 9.94. The van der Waals surface area contributed by atoms with E-state index >= 15 is 0 Å². The summed E-state index contributed by atoms with van der Waals surface area (Å²) in [5.41, 5.74) is 5.05. The number of benzene rings is 2. The second-order valence-electron chi connectivity index (χ2n) is 6.85. The number of ether oxygens (including phenoxy) is 1. The Balaban J connectivity index is 1.79. The summed E-state index contributed by atoms with van der Waals surface area (Å²) in [6, 6.07) is 11.8. The zero-order valence-corrected chi connectivity index (χ0v) is 15.8. The average molecular weight is 348 g/mol. The molecule has 1 aliphatic rings. The monoisotopic (exact) mass is 348 g/mol. The molecule has 0 aromatic heterocycles. The number of allylic oxidation sites excluding steroid dienone is 1. The van der Waals surface area contributed by atoms with Crippen molar-refractivity contribution in [2.24, 2.45) is 0 Å². The first kappa shape index (κ1) is 18.5. The van der Waals surface area contributed by atoms with Crippen molar-refractivity contribution in [3.8, 4) is 5.75 Å². The van der Waals surface area contributed by atoms with Gasteiger partial charge in [0.25, 0.3) is 0 Å². The second-order valence-corrected chi connectivity index (χ2v) is 6.85. The fraction of sp³-hybridized carbons (Fsp3) is 0.333. The normalized spacial score (nSPS) is 17.5. The third kappa shape index (κ3) is 3.91. The molecule has 0 saturated carbocycles. The van der Waals surface area contributed by atoms with Gasteiger partial charge in [-0.25, -0.2) is 0 Å². The van der Waals surface area contributed by atoms with Crippen LogP contribution in [0.3, 0.4) is 0 Å². The average Bonchev–Trinajstić information content (AvgIpc) is 3.15. The highest BCUT2D eigenvalue weighted by atomic mass is 16.5. The highest BCUT2D eigenvalue weighted by Crippen LogP contribution is 2.31. The first-order valence-corrected chi connectivity index (χ1v) is 9.54. The van der Waals surface area contributed by atoms with Crippen molar-refractivity contribution < 1.29 is 9.84 Å². The van der Waals surface area contributed by atoms with Gasteiger partial charge in [0.15, 0.2) is 0 Å². The second kappa shape index (κ2) is 8.37. The summed E-state index contributed by atoms with van der Waals surface area (Å²) in [6.07, 6.45) is 8.60. The molecule has 0 amide bonds. The van der Waals surface area contributed by atoms with E-state index in [1.165, 1.54) is 16.7 Å². The number of aromatic hydroxyl groups is 1. The smallest absolute Gasteiger partial charge is 0.123 e. The summed E-state index contributed by atoms with van der Waals surface area (Å²) in [5, 5.41) is 12.1. The maximum atomic E-state index is 10.1. The zero-order chi connectivity index (χ0) is 18.5. The Hall–Kier alpha value is -2.32. The minimum absolute atomic E-state index is 0.175. The molecule has 0 bridgehead atoms. The fourth-order valence-electron chi connectivity index (χ4n) is 3.61. The van der Waals surface area contributed by atoms with Crippen LogP contribution in [0.4, 0.5) is 0 Å². The topological polar surface area (TPSA) is 29.5 Å². The van der Waals surface area contributed by atoms with Gasteiger partial charge in [-0.15, -0.1) is 0 Å². The van der Waals surface area contributed by atoms with Crippen molar-refractivity contribution in [3.63, 3.8) is 0 Å². The van der Waals surface area contributed by atoms with Crippen LogP contribution >= 0.6 is 0 Å². The molecule has 0 saturated heterocycles. The molecule has 0 spiro atoms. The van der Waals surface area contributed by atoms with Crippen LogP contribution in [0.2, 0.25) is 0 Å². The van der Waals surface area contributed by atoms with Gasteiger partial charge in [-0.05, 0) is 53.8 Å². The number of hydrogen-bond donors (Lipinski definition) is 1. The molecule has 2 aromatic carbocycles. The Kier molecular flexibility index (Phi) is 5.95. The SMILES string of the molecule is C=C(CC)C1=CCOC1CC/C(=C/c1ccc(O)c2ccccc12)CC. The van der Waals surface area contributed by atoms with Gasteiger partial charge >= 0.3 is 0 Å². The highest BCUT2D eigenvalue weighted by molar-refractivity contribution is 5.94. The Morgan fingerprint density at radius 3 is 2.65 bits per heavy atom. The Labute approximate surface area is 156 Å². The van der Waals surface area contributed by atoms with Crippen LogP contribution in [-0.4, -0.2) is 17.8 Å². The van der Waals surface area contributed by atoms with E-state index in [0.717, 1.165) is 42.0 Å². The summed E-state index contributed by atoms with van der Waals surface area (Å²) < 4.78 is 5.91. The van der Waals surface area contributed by atoms with Crippen LogP contribution in [0, 0.1) is 0 Å². The minimum Gasteiger partial charge on any atom is -0.507 e. The summed E-state index contributed by atoms with van der Waals surface area (Å²) in [4.78, 5) is 0. The van der Waals surface area contributed by atoms with Gasteiger partial charge in [0.2, 0.25) is 0 Å². The van der Waals surface area contributed by atoms with Crippen molar-refractivity contribution in [1.29, 1.82) is 0 Å². The van der Waals surface area contributed by atoms with E-state index in [9.17, 15) is 5.11 Å². The predicted molar refractivity (Wildman–Crippen MR) is 110 cm³/mol. The Morgan fingerprint density at radius 1 is 1.15 bits per heavy atom. The molecule has 136 valence electrons. The molecule has 2 nitrogen and oxygen atoms in total. The maximum absolute atomic E-state index is 10.1. The van der Waals surface area contributed by atoms with E-state index in [0.29, 0.717) is 12.4 Å². The molecule has 3 rings (SSSR count). The lowest BCUT2D eigenvalue weighted by molar-refractivity contribution is 0.116. The number of rotatable bonds is 7. The van der Waals surface area contributed by atoms with Crippen molar-refractivity contribution in [3.05, 3.63) is 71.3 Å². The molecular weight excluding hydrogens is 320 g/mol. The fourth-order valence-corrected chi connectivity index (χ4v) is 3.61. The Bertz CT molecular complexity index is 858. The molecule has 2 heteroatoms. The maximum Gasteiger partial charge on any atom is 0.123 e. The van der Waals surface area contributed by atoms with Gasteiger partial charge in [0, 0.05) is 5.39 Å². The molecule has 26 heavy (non-hydrogen) atoms. The lowest BCUT2D eigenvalue weighted by Gasteiger charge is -2.17. The van der Waals surface area contributed by atoms with Gasteiger partial charge in [0.05, 0.1) is 12.7 Å². The summed E-state index contributed by atoms with van der Waals surface area (Å²) in [5.74, 6) is 0.336. The molecule has 1 aliphatic heterocycles. The van der Waals surface area contributed by atoms with Crippen LogP contribution < -0.4 is 0 Å². The molecule has 0 radical (unpaired) electrons. The summed E-state index contributed by atoms with van der Waals surface area (Å²) in [6.45, 7) is 9.22. The van der Waals surface area contributed by atoms with E-state index in [-0.39, 0.29) is 6.10 Å². The first-order valence-electron chi connectivity index (χ1n) is 9.54. The van der Waals surface area contributed by atoms with Crippen molar-refractivity contribution in [2.75, 3.05) is 6.61 Å². The van der Waals surface area contributed by atoms with E-state index in [1.54, 1.807) is 6.07 Å². The van der Waals surface area contributed by atoms with E-state index in [4.69, 9.17) is 4.74 Å². The zero-order valence-electron chi connectivity index (χ0n) is 15.8. The molecular formula is C24H28O2. The van der Waals surface area contributed by atoms with E-state index in [2.05, 4.69) is 38.6 Å². The quantitative estimate of drug-likeness (QED) is 0.626. The number of phenolic OH excluding ortho intramolecular Hbond substituents is 1. The molecule has 1 heterocycles. The Morgan fingerprint density at radius 2 is 1.92 bits per heavy atom. The number of fused-ring (bicyclic) bond motifs is 1. The summed E-state index contributed by atoms with van der Waals surface area (Å²) in [7, 11) is 0. The van der Waals surface area contributed by atoms with Crippen molar-refractivity contribution >= 4 is 16.8 Å². The molecule has 2 aromatic rings. The predicted octanol–water partition coefficient (Wildman–Crippen LogP) is 6.41. The third-order valence-corrected chi connectivity index (χ3v) is 5.26. The van der Waals surface area contributed by atoms with Gasteiger partial charge in [-0.2, -0.15) is 0 Å². The van der Waals surface area contributed by atoms with Crippen LogP contribution in [0.15, 0.2) is 65.8 Å². The van der Waals surface area contributed by atoms with Crippen molar-refractivity contribution in [2.45, 2.75) is 45.6 Å². The van der Waals surface area contributed by atoms with Crippen LogP contribution in [0.25, 0.3) is 16.8 Å². The van der Waals surface area contributed by atoms with Crippen molar-refractivity contribution in [1.82, 2.24) is 0 Å². The van der Waals surface area contributed by atoms with Crippen LogP contribution in [-0.2, 0) is 4.74 Å². The number of hydrogen-bond acceptors (Lipinski definition) is 2. The molecule has 1 N–H and O–H groups in total. The van der Waals surface area contributed by atoms with Crippen LogP contribution in [0.5, 0.6) is 5.75 Å². The molecule has 1 atom stereocenters. The lowest BCUT2D eigenvalue weighted by Crippen LogP contribution is -2.11. The number of phenols is 1. The highest BCUT2D eigenvalue weighted by Gasteiger charge is 2.21. The molecule has 0 fully saturated rings. The van der Waals surface area contributed by atoms with Crippen LogP contribution in [0.1, 0.15) is 45.1 Å². The third-order valence-electron chi connectivity index (χ3n) is 5.26. The molecule has 0 aliphatic carbocycles. The summed E-state index contributed by atoms with van der Waals surface area (Å²) >= 11 is 0. The largest absolute Gasteiger partial charge is 0.507 e. The van der Waals surface area contributed by atoms with Gasteiger partial charge < -0.3 is 9.84 Å². The van der Waals surface area contributed by atoms with E-state index < -0.39 is 0 Å².